The summed E-state index contributed by atoms with van der Waals surface area (Å²) in [6, 6.07) is -3.83. The fraction of sp³-hybridized carbons (Fsp3) is 0.625. The van der Waals surface area contributed by atoms with Gasteiger partial charge in [-0.1, -0.05) is 0 Å². The monoisotopic (exact) mass is 416 g/mol. The van der Waals surface area contributed by atoms with Crippen LogP contribution in [-0.4, -0.2) is 77.9 Å². The maximum absolute atomic E-state index is 11.8. The van der Waals surface area contributed by atoms with Gasteiger partial charge in [0, 0.05) is 0 Å². The molecule has 0 aliphatic carbocycles. The van der Waals surface area contributed by atoms with Gasteiger partial charge in [-0.3, -0.25) is 28.8 Å². The summed E-state index contributed by atoms with van der Waals surface area (Å²) < 4.78 is 0. The molecule has 5 amide bonds. The molecule has 13 nitrogen and oxygen atoms in total. The summed E-state index contributed by atoms with van der Waals surface area (Å²) >= 11 is 0. The molecular weight excluding hydrogens is 388 g/mol. The summed E-state index contributed by atoms with van der Waals surface area (Å²) in [7, 11) is 0. The molecule has 0 radical (unpaired) electrons. The van der Waals surface area contributed by atoms with Crippen LogP contribution in [-0.2, 0) is 28.8 Å². The van der Waals surface area contributed by atoms with Crippen molar-refractivity contribution < 1.29 is 33.9 Å². The molecule has 0 heterocycles. The molecule has 164 valence electrons. The van der Waals surface area contributed by atoms with Crippen LogP contribution in [0.4, 0.5) is 0 Å². The van der Waals surface area contributed by atoms with Gasteiger partial charge >= 0.3 is 5.97 Å². The molecular formula is C16H28N6O7. The van der Waals surface area contributed by atoms with Crippen LogP contribution in [0, 0.1) is 0 Å². The molecule has 0 spiro atoms. The second-order valence-electron chi connectivity index (χ2n) is 6.37. The molecule has 0 aromatic heterocycles. The zero-order valence-corrected chi connectivity index (χ0v) is 16.7. The van der Waals surface area contributed by atoms with Crippen molar-refractivity contribution in [3.05, 3.63) is 0 Å². The van der Waals surface area contributed by atoms with Gasteiger partial charge < -0.3 is 37.4 Å². The third-order valence-corrected chi connectivity index (χ3v) is 3.53. The van der Waals surface area contributed by atoms with Crippen LogP contribution >= 0.6 is 0 Å². The first-order valence-corrected chi connectivity index (χ1v) is 8.78. The van der Waals surface area contributed by atoms with Crippen LogP contribution < -0.4 is 32.3 Å². The average molecular weight is 416 g/mol. The number of carbonyl (C=O) groups excluding carboxylic acids is 5. The van der Waals surface area contributed by atoms with Gasteiger partial charge in [-0.15, -0.1) is 0 Å². The summed E-state index contributed by atoms with van der Waals surface area (Å²) in [6.07, 6.45) is 0. The lowest BCUT2D eigenvalue weighted by Gasteiger charge is -2.17. The normalized spacial score (nSPS) is 14.4. The Hall–Kier alpha value is -3.22. The van der Waals surface area contributed by atoms with Gasteiger partial charge in [-0.05, 0) is 27.7 Å². The van der Waals surface area contributed by atoms with E-state index in [1.807, 2.05) is 0 Å². The highest BCUT2D eigenvalue weighted by Crippen LogP contribution is 1.88. The third kappa shape index (κ3) is 10.6. The quantitative estimate of drug-likeness (QED) is 0.177. The van der Waals surface area contributed by atoms with Gasteiger partial charge in [0.05, 0.1) is 19.1 Å². The van der Waals surface area contributed by atoms with Crippen molar-refractivity contribution in [3.8, 4) is 0 Å². The Labute approximate surface area is 167 Å². The molecule has 4 atom stereocenters. The summed E-state index contributed by atoms with van der Waals surface area (Å²) in [5.41, 5.74) is 5.37. The number of hydrogen-bond donors (Lipinski definition) is 7. The lowest BCUT2D eigenvalue weighted by atomic mass is 10.2. The Balaban J connectivity index is 4.22. The van der Waals surface area contributed by atoms with Gasteiger partial charge in [0.1, 0.15) is 18.1 Å². The zero-order valence-electron chi connectivity index (χ0n) is 16.7. The number of hydrogen-bond acceptors (Lipinski definition) is 7. The first kappa shape index (κ1) is 25.8. The van der Waals surface area contributed by atoms with Crippen molar-refractivity contribution in [1.82, 2.24) is 26.6 Å². The second kappa shape index (κ2) is 12.3. The lowest BCUT2D eigenvalue weighted by Crippen LogP contribution is -2.52. The molecule has 0 saturated carbocycles. The molecule has 0 saturated heterocycles. The molecule has 0 rings (SSSR count). The van der Waals surface area contributed by atoms with E-state index >= 15 is 0 Å². The number of aliphatic carboxylic acids is 1. The molecule has 8 N–H and O–H groups in total. The minimum atomic E-state index is -1.22. The third-order valence-electron chi connectivity index (χ3n) is 3.53. The van der Waals surface area contributed by atoms with Crippen LogP contribution in [0.5, 0.6) is 0 Å². The molecule has 0 aromatic carbocycles. The molecule has 4 unspecified atom stereocenters. The minimum Gasteiger partial charge on any atom is -0.480 e. The van der Waals surface area contributed by atoms with E-state index < -0.39 is 72.8 Å². The average Bonchev–Trinajstić information content (AvgIpc) is 2.63. The number of amides is 5. The molecule has 0 aromatic rings. The molecule has 13 heteroatoms. The standard InChI is InChI=1S/C16H28N6O7/c1-7(17)13(25)21-8(2)14(26)19-5-11(23)18-6-12(24)20-9(3)15(27)22-10(4)16(28)29/h7-10H,5-6,17H2,1-4H3,(H,18,23)(H,19,26)(H,20,24)(H,21,25)(H,22,27)(H,28,29). The Morgan fingerprint density at radius 3 is 1.69 bits per heavy atom. The van der Waals surface area contributed by atoms with Gasteiger partial charge in [-0.25, -0.2) is 0 Å². The fourth-order valence-electron chi connectivity index (χ4n) is 1.73. The van der Waals surface area contributed by atoms with E-state index in [2.05, 4.69) is 26.6 Å². The minimum absolute atomic E-state index is 0.434. The number of carboxylic acids is 1. The van der Waals surface area contributed by atoms with Crippen molar-refractivity contribution in [1.29, 1.82) is 0 Å². The highest BCUT2D eigenvalue weighted by molar-refractivity contribution is 5.93. The molecule has 0 fully saturated rings. The molecule has 29 heavy (non-hydrogen) atoms. The van der Waals surface area contributed by atoms with E-state index in [-0.39, 0.29) is 0 Å². The second-order valence-corrected chi connectivity index (χ2v) is 6.37. The predicted molar refractivity (Wildman–Crippen MR) is 100 cm³/mol. The smallest absolute Gasteiger partial charge is 0.325 e. The van der Waals surface area contributed by atoms with Crippen molar-refractivity contribution in [2.75, 3.05) is 13.1 Å². The first-order valence-electron chi connectivity index (χ1n) is 8.78. The maximum Gasteiger partial charge on any atom is 0.325 e. The van der Waals surface area contributed by atoms with E-state index in [1.165, 1.54) is 27.7 Å². The highest BCUT2D eigenvalue weighted by atomic mass is 16.4. The van der Waals surface area contributed by atoms with Crippen molar-refractivity contribution in [2.45, 2.75) is 51.9 Å². The topological polar surface area (TPSA) is 209 Å². The number of nitrogens with two attached hydrogens (primary N) is 1. The van der Waals surface area contributed by atoms with Crippen LogP contribution in [0.15, 0.2) is 0 Å². The van der Waals surface area contributed by atoms with Gasteiger partial charge in [-0.2, -0.15) is 0 Å². The van der Waals surface area contributed by atoms with E-state index in [0.717, 1.165) is 0 Å². The zero-order chi connectivity index (χ0) is 22.7. The maximum atomic E-state index is 11.8. The highest BCUT2D eigenvalue weighted by Gasteiger charge is 2.21. The summed E-state index contributed by atoms with van der Waals surface area (Å²) in [5, 5.41) is 20.1. The molecule has 0 bridgehead atoms. The predicted octanol–water partition coefficient (Wildman–Crippen LogP) is -3.84. The van der Waals surface area contributed by atoms with E-state index in [1.54, 1.807) is 0 Å². The first-order chi connectivity index (χ1) is 13.3. The van der Waals surface area contributed by atoms with Crippen LogP contribution in [0.3, 0.4) is 0 Å². The fourth-order valence-corrected chi connectivity index (χ4v) is 1.73. The van der Waals surface area contributed by atoms with Gasteiger partial charge in [0.25, 0.3) is 0 Å². The van der Waals surface area contributed by atoms with E-state index in [9.17, 15) is 28.8 Å². The van der Waals surface area contributed by atoms with Crippen LogP contribution in [0.2, 0.25) is 0 Å². The lowest BCUT2D eigenvalue weighted by molar-refractivity contribution is -0.141. The summed E-state index contributed by atoms with van der Waals surface area (Å²) in [6.45, 7) is 4.59. The Kier molecular flexibility index (Phi) is 10.9. The van der Waals surface area contributed by atoms with Gasteiger partial charge in [0.15, 0.2) is 0 Å². The van der Waals surface area contributed by atoms with E-state index in [0.29, 0.717) is 0 Å². The molecule has 0 aliphatic heterocycles. The number of nitrogens with one attached hydrogen (secondary N) is 5. The Morgan fingerprint density at radius 2 is 1.17 bits per heavy atom. The van der Waals surface area contributed by atoms with Crippen LogP contribution in [0.1, 0.15) is 27.7 Å². The molecule has 0 aliphatic rings. The van der Waals surface area contributed by atoms with Crippen molar-refractivity contribution in [3.63, 3.8) is 0 Å². The Morgan fingerprint density at radius 1 is 0.690 bits per heavy atom. The van der Waals surface area contributed by atoms with Crippen molar-refractivity contribution in [2.24, 2.45) is 5.73 Å². The number of rotatable bonds is 11. The van der Waals surface area contributed by atoms with E-state index in [4.69, 9.17) is 10.8 Å². The van der Waals surface area contributed by atoms with Crippen molar-refractivity contribution >= 4 is 35.5 Å². The number of carbonyl (C=O) groups is 6. The largest absolute Gasteiger partial charge is 0.480 e. The Bertz CT molecular complexity index is 652. The summed E-state index contributed by atoms with van der Waals surface area (Å²) in [5.74, 6) is -4.42. The van der Waals surface area contributed by atoms with Crippen LogP contribution in [0.25, 0.3) is 0 Å². The number of carboxylic acid groups (broad SMARTS) is 1. The SMILES string of the molecule is CC(N)C(=O)NC(C)C(=O)NCC(=O)NCC(=O)NC(C)C(=O)NC(C)C(=O)O. The van der Waals surface area contributed by atoms with Gasteiger partial charge in [0.2, 0.25) is 29.5 Å². The summed E-state index contributed by atoms with van der Waals surface area (Å²) in [4.78, 5) is 69.0.